The molecule has 17 heavy (non-hydrogen) atoms. The van der Waals surface area contributed by atoms with Crippen molar-refractivity contribution in [3.8, 4) is 0 Å². The van der Waals surface area contributed by atoms with E-state index in [4.69, 9.17) is 9.47 Å². The van der Waals surface area contributed by atoms with Crippen molar-refractivity contribution < 1.29 is 14.3 Å². The van der Waals surface area contributed by atoms with Crippen molar-refractivity contribution in [2.24, 2.45) is 0 Å². The van der Waals surface area contributed by atoms with Crippen molar-refractivity contribution in [3.63, 3.8) is 0 Å². The Morgan fingerprint density at radius 3 is 2.88 bits per heavy atom. The summed E-state index contributed by atoms with van der Waals surface area (Å²) in [6.07, 6.45) is 2.15. The summed E-state index contributed by atoms with van der Waals surface area (Å²) >= 11 is 0. The highest BCUT2D eigenvalue weighted by atomic mass is 16.5. The molecule has 1 heterocycles. The number of nitrogens with one attached hydrogen (secondary N) is 2. The molecule has 5 heteroatoms. The van der Waals surface area contributed by atoms with Gasteiger partial charge in [0.25, 0.3) is 0 Å². The topological polar surface area (TPSA) is 59.6 Å². The molecule has 0 aromatic heterocycles. The summed E-state index contributed by atoms with van der Waals surface area (Å²) in [5.41, 5.74) is 0. The number of hydrogen-bond donors (Lipinski definition) is 2. The van der Waals surface area contributed by atoms with Gasteiger partial charge >= 0.3 is 0 Å². The standard InChI is InChI=1S/C12H24N2O3/c1-3-16-7-8-17-9-12(15)14-11-5-4-6-13-10(11)2/h10-11,13H,3-9H2,1-2H3,(H,14,15). The van der Waals surface area contributed by atoms with E-state index in [1.165, 1.54) is 0 Å². The third-order valence-electron chi connectivity index (χ3n) is 2.92. The molecule has 2 atom stereocenters. The molecule has 0 saturated carbocycles. The Morgan fingerprint density at radius 2 is 2.18 bits per heavy atom. The van der Waals surface area contributed by atoms with Crippen molar-refractivity contribution in [3.05, 3.63) is 0 Å². The number of carbonyl (C=O) groups excluding carboxylic acids is 1. The van der Waals surface area contributed by atoms with Crippen molar-refractivity contribution in [1.82, 2.24) is 10.6 Å². The van der Waals surface area contributed by atoms with E-state index in [2.05, 4.69) is 17.6 Å². The highest BCUT2D eigenvalue weighted by Crippen LogP contribution is 2.07. The fourth-order valence-electron chi connectivity index (χ4n) is 1.92. The Labute approximate surface area is 103 Å². The Hall–Kier alpha value is -0.650. The van der Waals surface area contributed by atoms with E-state index < -0.39 is 0 Å². The first-order valence-corrected chi connectivity index (χ1v) is 6.42. The number of ether oxygens (including phenoxy) is 2. The quantitative estimate of drug-likeness (QED) is 0.632. The van der Waals surface area contributed by atoms with Crippen LogP contribution in [0.25, 0.3) is 0 Å². The molecule has 0 radical (unpaired) electrons. The van der Waals surface area contributed by atoms with Gasteiger partial charge in [0, 0.05) is 18.7 Å². The third kappa shape index (κ3) is 6.00. The number of rotatable bonds is 7. The minimum absolute atomic E-state index is 0.0398. The second-order valence-corrected chi connectivity index (χ2v) is 4.31. The zero-order chi connectivity index (χ0) is 12.5. The molecule has 1 amide bonds. The SMILES string of the molecule is CCOCCOCC(=O)NC1CCCNC1C. The zero-order valence-electron chi connectivity index (χ0n) is 10.8. The van der Waals surface area contributed by atoms with E-state index in [-0.39, 0.29) is 18.6 Å². The van der Waals surface area contributed by atoms with Crippen LogP contribution in [-0.4, -0.2) is 51.0 Å². The lowest BCUT2D eigenvalue weighted by atomic mass is 10.00. The number of hydrogen-bond acceptors (Lipinski definition) is 4. The molecule has 2 unspecified atom stereocenters. The van der Waals surface area contributed by atoms with Gasteiger partial charge in [-0.1, -0.05) is 0 Å². The molecule has 0 spiro atoms. The third-order valence-corrected chi connectivity index (χ3v) is 2.92. The van der Waals surface area contributed by atoms with Crippen molar-refractivity contribution in [2.45, 2.75) is 38.8 Å². The van der Waals surface area contributed by atoms with E-state index in [9.17, 15) is 4.79 Å². The van der Waals surface area contributed by atoms with Gasteiger partial charge in [0.05, 0.1) is 13.2 Å². The first-order chi connectivity index (χ1) is 8.24. The second kappa shape index (κ2) is 8.44. The number of amides is 1. The highest BCUT2D eigenvalue weighted by Gasteiger charge is 2.21. The highest BCUT2D eigenvalue weighted by molar-refractivity contribution is 5.77. The Bertz CT molecular complexity index is 224. The van der Waals surface area contributed by atoms with Gasteiger partial charge in [0.15, 0.2) is 0 Å². The lowest BCUT2D eigenvalue weighted by Gasteiger charge is -2.30. The van der Waals surface area contributed by atoms with Crippen LogP contribution in [0, 0.1) is 0 Å². The molecule has 5 nitrogen and oxygen atoms in total. The first kappa shape index (κ1) is 14.4. The average Bonchev–Trinajstić information content (AvgIpc) is 2.32. The molecule has 100 valence electrons. The minimum atomic E-state index is -0.0398. The fraction of sp³-hybridized carbons (Fsp3) is 0.917. The average molecular weight is 244 g/mol. The van der Waals surface area contributed by atoms with Gasteiger partial charge in [0.2, 0.25) is 5.91 Å². The van der Waals surface area contributed by atoms with Crippen LogP contribution in [0.5, 0.6) is 0 Å². The monoisotopic (exact) mass is 244 g/mol. The molecule has 0 bridgehead atoms. The Balaban J connectivity index is 2.07. The summed E-state index contributed by atoms with van der Waals surface area (Å²) in [5, 5.41) is 6.34. The molecular weight excluding hydrogens is 220 g/mol. The summed E-state index contributed by atoms with van der Waals surface area (Å²) in [5.74, 6) is -0.0398. The maximum absolute atomic E-state index is 11.6. The molecule has 1 aliphatic heterocycles. The van der Waals surface area contributed by atoms with Crippen LogP contribution in [0.15, 0.2) is 0 Å². The van der Waals surface area contributed by atoms with Gasteiger partial charge in [-0.05, 0) is 33.2 Å². The van der Waals surface area contributed by atoms with Crippen LogP contribution in [0.4, 0.5) is 0 Å². The zero-order valence-corrected chi connectivity index (χ0v) is 10.8. The molecular formula is C12H24N2O3. The molecule has 1 saturated heterocycles. The van der Waals surface area contributed by atoms with Crippen LogP contribution < -0.4 is 10.6 Å². The van der Waals surface area contributed by atoms with Crippen LogP contribution >= 0.6 is 0 Å². The van der Waals surface area contributed by atoms with Gasteiger partial charge in [-0.3, -0.25) is 4.79 Å². The molecule has 1 aliphatic rings. The van der Waals surface area contributed by atoms with Crippen LogP contribution in [0.3, 0.4) is 0 Å². The van der Waals surface area contributed by atoms with Gasteiger partial charge < -0.3 is 20.1 Å². The van der Waals surface area contributed by atoms with E-state index >= 15 is 0 Å². The lowest BCUT2D eigenvalue weighted by Crippen LogP contribution is -2.52. The maximum atomic E-state index is 11.6. The van der Waals surface area contributed by atoms with E-state index in [0.717, 1.165) is 19.4 Å². The van der Waals surface area contributed by atoms with E-state index in [1.807, 2.05) is 6.92 Å². The normalized spacial score (nSPS) is 24.6. The first-order valence-electron chi connectivity index (χ1n) is 6.42. The second-order valence-electron chi connectivity index (χ2n) is 4.31. The summed E-state index contributed by atoms with van der Waals surface area (Å²) < 4.78 is 10.3. The fourth-order valence-corrected chi connectivity index (χ4v) is 1.92. The Kier molecular flexibility index (Phi) is 7.16. The summed E-state index contributed by atoms with van der Waals surface area (Å²) in [6, 6.07) is 0.572. The maximum Gasteiger partial charge on any atom is 0.246 e. The van der Waals surface area contributed by atoms with Crippen molar-refractivity contribution in [2.75, 3.05) is 33.0 Å². The predicted molar refractivity (Wildman–Crippen MR) is 65.9 cm³/mol. The van der Waals surface area contributed by atoms with E-state index in [0.29, 0.717) is 25.9 Å². The summed E-state index contributed by atoms with van der Waals surface area (Å²) in [6.45, 7) is 6.89. The van der Waals surface area contributed by atoms with E-state index in [1.54, 1.807) is 0 Å². The lowest BCUT2D eigenvalue weighted by molar-refractivity contribution is -0.127. The number of piperidine rings is 1. The molecule has 0 aromatic carbocycles. The largest absolute Gasteiger partial charge is 0.379 e. The minimum Gasteiger partial charge on any atom is -0.379 e. The van der Waals surface area contributed by atoms with Gasteiger partial charge in [-0.25, -0.2) is 0 Å². The van der Waals surface area contributed by atoms with Gasteiger partial charge in [-0.15, -0.1) is 0 Å². The molecule has 1 rings (SSSR count). The van der Waals surface area contributed by atoms with Crippen LogP contribution in [0.2, 0.25) is 0 Å². The molecule has 2 N–H and O–H groups in total. The molecule has 0 aliphatic carbocycles. The van der Waals surface area contributed by atoms with Gasteiger partial charge in [0.1, 0.15) is 6.61 Å². The summed E-state index contributed by atoms with van der Waals surface area (Å²) in [4.78, 5) is 11.6. The van der Waals surface area contributed by atoms with Crippen molar-refractivity contribution in [1.29, 1.82) is 0 Å². The molecule has 0 aromatic rings. The smallest absolute Gasteiger partial charge is 0.246 e. The molecule has 1 fully saturated rings. The van der Waals surface area contributed by atoms with Crippen molar-refractivity contribution >= 4 is 5.91 Å². The Morgan fingerprint density at radius 1 is 1.41 bits per heavy atom. The summed E-state index contributed by atoms with van der Waals surface area (Å²) in [7, 11) is 0. The van der Waals surface area contributed by atoms with Gasteiger partial charge in [-0.2, -0.15) is 0 Å². The number of carbonyl (C=O) groups is 1. The van der Waals surface area contributed by atoms with Crippen LogP contribution in [-0.2, 0) is 14.3 Å². The van der Waals surface area contributed by atoms with Crippen LogP contribution in [0.1, 0.15) is 26.7 Å². The predicted octanol–water partition coefficient (Wildman–Crippen LogP) is 0.296.